The molecule has 2 rings (SSSR count). The lowest BCUT2D eigenvalue weighted by atomic mass is 10.0. The maximum absolute atomic E-state index is 12.9. The molecular formula is C16H15F6N3O. The van der Waals surface area contributed by atoms with E-state index in [0.717, 1.165) is 5.56 Å². The SMILES string of the molecule is CC(C)c1cccc(Nc2ncc(C(F)(F)F)c(OCC(F)(F)F)n2)c1. The number of halogens is 6. The molecule has 0 aliphatic heterocycles. The second-order valence-corrected chi connectivity index (χ2v) is 5.72. The average molecular weight is 379 g/mol. The topological polar surface area (TPSA) is 47.0 Å². The molecule has 26 heavy (non-hydrogen) atoms. The summed E-state index contributed by atoms with van der Waals surface area (Å²) < 4.78 is 79.8. The summed E-state index contributed by atoms with van der Waals surface area (Å²) in [7, 11) is 0. The van der Waals surface area contributed by atoms with Crippen molar-refractivity contribution in [3.05, 3.63) is 41.6 Å². The van der Waals surface area contributed by atoms with Crippen molar-refractivity contribution >= 4 is 11.6 Å². The summed E-state index contributed by atoms with van der Waals surface area (Å²) in [5.74, 6) is -1.29. The van der Waals surface area contributed by atoms with Crippen molar-refractivity contribution in [1.82, 2.24) is 9.97 Å². The minimum Gasteiger partial charge on any atom is -0.467 e. The van der Waals surface area contributed by atoms with Gasteiger partial charge in [0.2, 0.25) is 11.8 Å². The lowest BCUT2D eigenvalue weighted by molar-refractivity contribution is -0.159. The van der Waals surface area contributed by atoms with Crippen LogP contribution in [-0.2, 0) is 6.18 Å². The van der Waals surface area contributed by atoms with Crippen LogP contribution in [0.25, 0.3) is 0 Å². The summed E-state index contributed by atoms with van der Waals surface area (Å²) in [5, 5.41) is 2.66. The molecule has 0 fully saturated rings. The van der Waals surface area contributed by atoms with Gasteiger partial charge in [0.05, 0.1) is 0 Å². The van der Waals surface area contributed by atoms with Gasteiger partial charge >= 0.3 is 12.4 Å². The Hall–Kier alpha value is -2.52. The minimum absolute atomic E-state index is 0.205. The molecule has 0 spiro atoms. The highest BCUT2D eigenvalue weighted by molar-refractivity contribution is 5.55. The number of anilines is 2. The first-order chi connectivity index (χ1) is 12.0. The molecule has 0 unspecified atom stereocenters. The van der Waals surface area contributed by atoms with E-state index >= 15 is 0 Å². The van der Waals surface area contributed by atoms with Crippen molar-refractivity contribution in [3.63, 3.8) is 0 Å². The van der Waals surface area contributed by atoms with E-state index in [1.165, 1.54) is 0 Å². The number of rotatable bonds is 5. The highest BCUT2D eigenvalue weighted by atomic mass is 19.4. The van der Waals surface area contributed by atoms with Gasteiger partial charge in [0.1, 0.15) is 5.56 Å². The fourth-order valence-corrected chi connectivity index (χ4v) is 1.99. The van der Waals surface area contributed by atoms with E-state index in [2.05, 4.69) is 20.0 Å². The molecule has 2 aromatic rings. The second kappa shape index (κ2) is 7.38. The third-order valence-corrected chi connectivity index (χ3v) is 3.24. The van der Waals surface area contributed by atoms with Gasteiger partial charge in [-0.25, -0.2) is 4.98 Å². The van der Waals surface area contributed by atoms with Gasteiger partial charge in [-0.3, -0.25) is 0 Å². The Kier molecular flexibility index (Phi) is 5.62. The van der Waals surface area contributed by atoms with Gasteiger partial charge in [-0.2, -0.15) is 31.3 Å². The van der Waals surface area contributed by atoms with Gasteiger partial charge in [0.25, 0.3) is 0 Å². The molecule has 1 aromatic heterocycles. The summed E-state index contributed by atoms with van der Waals surface area (Å²) in [6.07, 6.45) is -9.36. The standard InChI is InChI=1S/C16H15F6N3O/c1-9(2)10-4-3-5-11(6-10)24-14-23-7-12(16(20,21)22)13(25-14)26-8-15(17,18)19/h3-7,9H,8H2,1-2H3,(H,23,24,25). The van der Waals surface area contributed by atoms with Crippen LogP contribution in [-0.4, -0.2) is 22.8 Å². The Labute approximate surface area is 145 Å². The Morgan fingerprint density at radius 2 is 1.81 bits per heavy atom. The molecule has 0 atom stereocenters. The van der Waals surface area contributed by atoms with Crippen LogP contribution in [0.5, 0.6) is 5.88 Å². The van der Waals surface area contributed by atoms with E-state index in [0.29, 0.717) is 11.9 Å². The van der Waals surface area contributed by atoms with Crippen LogP contribution in [0.3, 0.4) is 0 Å². The molecule has 0 amide bonds. The smallest absolute Gasteiger partial charge is 0.423 e. The summed E-state index contributed by atoms with van der Waals surface area (Å²) in [4.78, 5) is 6.96. The molecule has 1 N–H and O–H groups in total. The largest absolute Gasteiger partial charge is 0.467 e. The zero-order valence-electron chi connectivity index (χ0n) is 13.7. The summed E-state index contributed by atoms with van der Waals surface area (Å²) >= 11 is 0. The number of benzene rings is 1. The molecule has 10 heteroatoms. The first kappa shape index (κ1) is 19.8. The Balaban J connectivity index is 2.31. The highest BCUT2D eigenvalue weighted by Crippen LogP contribution is 2.36. The van der Waals surface area contributed by atoms with Crippen LogP contribution in [0.15, 0.2) is 30.5 Å². The Morgan fingerprint density at radius 1 is 1.12 bits per heavy atom. The van der Waals surface area contributed by atoms with Crippen molar-refractivity contribution in [2.75, 3.05) is 11.9 Å². The van der Waals surface area contributed by atoms with E-state index < -0.39 is 30.4 Å². The van der Waals surface area contributed by atoms with Crippen LogP contribution in [0.1, 0.15) is 30.9 Å². The zero-order valence-corrected chi connectivity index (χ0v) is 13.7. The van der Waals surface area contributed by atoms with Gasteiger partial charge in [0.15, 0.2) is 6.61 Å². The van der Waals surface area contributed by atoms with Crippen LogP contribution in [0, 0.1) is 0 Å². The number of aromatic nitrogens is 2. The molecule has 0 bridgehead atoms. The highest BCUT2D eigenvalue weighted by Gasteiger charge is 2.38. The van der Waals surface area contributed by atoms with Crippen molar-refractivity contribution in [2.45, 2.75) is 32.1 Å². The number of hydrogen-bond donors (Lipinski definition) is 1. The van der Waals surface area contributed by atoms with Gasteiger partial charge < -0.3 is 10.1 Å². The Morgan fingerprint density at radius 3 is 2.38 bits per heavy atom. The predicted octanol–water partition coefficient (Wildman–Crippen LogP) is 5.30. The van der Waals surface area contributed by atoms with E-state index in [-0.39, 0.29) is 11.9 Å². The third kappa shape index (κ3) is 5.50. The first-order valence-electron chi connectivity index (χ1n) is 7.46. The quantitative estimate of drug-likeness (QED) is 0.716. The molecule has 0 aliphatic carbocycles. The lowest BCUT2D eigenvalue weighted by Gasteiger charge is -2.15. The van der Waals surface area contributed by atoms with E-state index in [9.17, 15) is 26.3 Å². The maximum Gasteiger partial charge on any atom is 0.423 e. The molecule has 0 aliphatic rings. The molecule has 1 aromatic carbocycles. The normalized spacial score (nSPS) is 12.3. The molecule has 0 saturated carbocycles. The number of hydrogen-bond acceptors (Lipinski definition) is 4. The van der Waals surface area contributed by atoms with E-state index in [4.69, 9.17) is 0 Å². The van der Waals surface area contributed by atoms with Crippen LogP contribution in [0.4, 0.5) is 38.0 Å². The number of nitrogens with zero attached hydrogens (tertiary/aromatic N) is 2. The molecule has 142 valence electrons. The molecule has 1 heterocycles. The van der Waals surface area contributed by atoms with Crippen molar-refractivity contribution in [1.29, 1.82) is 0 Å². The predicted molar refractivity (Wildman–Crippen MR) is 82.4 cm³/mol. The monoisotopic (exact) mass is 379 g/mol. The fourth-order valence-electron chi connectivity index (χ4n) is 1.99. The van der Waals surface area contributed by atoms with Crippen LogP contribution >= 0.6 is 0 Å². The van der Waals surface area contributed by atoms with Crippen molar-refractivity contribution in [2.24, 2.45) is 0 Å². The summed E-state index contributed by atoms with van der Waals surface area (Å²) in [6, 6.07) is 6.95. The lowest BCUT2D eigenvalue weighted by Crippen LogP contribution is -2.22. The van der Waals surface area contributed by atoms with Crippen molar-refractivity contribution in [3.8, 4) is 5.88 Å². The molecule has 4 nitrogen and oxygen atoms in total. The fraction of sp³-hybridized carbons (Fsp3) is 0.375. The van der Waals surface area contributed by atoms with Crippen molar-refractivity contribution < 1.29 is 31.1 Å². The van der Waals surface area contributed by atoms with Gasteiger partial charge in [-0.1, -0.05) is 26.0 Å². The average Bonchev–Trinajstić information content (AvgIpc) is 2.51. The summed E-state index contributed by atoms with van der Waals surface area (Å²) in [5.41, 5.74) is -0.0450. The number of nitrogens with one attached hydrogen (secondary N) is 1. The zero-order chi connectivity index (χ0) is 19.5. The minimum atomic E-state index is -4.95. The van der Waals surface area contributed by atoms with E-state index in [1.807, 2.05) is 19.9 Å². The van der Waals surface area contributed by atoms with Crippen LogP contribution in [0.2, 0.25) is 0 Å². The Bertz CT molecular complexity index is 758. The molecule has 0 radical (unpaired) electrons. The summed E-state index contributed by atoms with van der Waals surface area (Å²) in [6.45, 7) is 2.02. The second-order valence-electron chi connectivity index (χ2n) is 5.72. The van der Waals surface area contributed by atoms with Crippen LogP contribution < -0.4 is 10.1 Å². The van der Waals surface area contributed by atoms with E-state index in [1.54, 1.807) is 18.2 Å². The maximum atomic E-state index is 12.9. The molecular weight excluding hydrogens is 364 g/mol. The van der Waals surface area contributed by atoms with Gasteiger partial charge in [0, 0.05) is 11.9 Å². The third-order valence-electron chi connectivity index (χ3n) is 3.24. The van der Waals surface area contributed by atoms with Gasteiger partial charge in [-0.05, 0) is 23.6 Å². The van der Waals surface area contributed by atoms with Gasteiger partial charge in [-0.15, -0.1) is 0 Å². The first-order valence-corrected chi connectivity index (χ1v) is 7.46. The number of alkyl halides is 6. The number of ether oxygens (including phenoxy) is 1. The molecule has 0 saturated heterocycles.